The van der Waals surface area contributed by atoms with E-state index in [4.69, 9.17) is 11.6 Å². The Kier molecular flexibility index (Phi) is 5.09. The van der Waals surface area contributed by atoms with Crippen molar-refractivity contribution < 1.29 is 0 Å². The van der Waals surface area contributed by atoms with E-state index in [0.29, 0.717) is 0 Å². The van der Waals surface area contributed by atoms with Gasteiger partial charge in [0.25, 0.3) is 0 Å². The quantitative estimate of drug-likeness (QED) is 0.805. The first-order valence-electron chi connectivity index (χ1n) is 7.60. The van der Waals surface area contributed by atoms with Gasteiger partial charge >= 0.3 is 0 Å². The molecule has 1 saturated heterocycles. The van der Waals surface area contributed by atoms with Gasteiger partial charge in [0.05, 0.1) is 6.21 Å². The topological polar surface area (TPSA) is 18.8 Å². The molecule has 2 aromatic carbocycles. The molecule has 22 heavy (non-hydrogen) atoms. The smallest absolute Gasteiger partial charge is 0.0543 e. The maximum atomic E-state index is 5.98. The number of nitrogens with zero attached hydrogens (tertiary/aromatic N) is 3. The van der Waals surface area contributed by atoms with Gasteiger partial charge in [-0.3, -0.25) is 9.91 Å². The fourth-order valence-corrected chi connectivity index (χ4v) is 2.79. The fraction of sp³-hybridized carbons (Fsp3) is 0.278. The molecule has 1 aliphatic rings. The summed E-state index contributed by atoms with van der Waals surface area (Å²) in [6, 6.07) is 18.4. The highest BCUT2D eigenvalue weighted by Gasteiger charge is 2.15. The van der Waals surface area contributed by atoms with Gasteiger partial charge in [0.1, 0.15) is 0 Å². The number of hydrogen-bond acceptors (Lipinski definition) is 3. The van der Waals surface area contributed by atoms with Crippen LogP contribution in [-0.2, 0) is 6.54 Å². The Bertz CT molecular complexity index is 619. The lowest BCUT2D eigenvalue weighted by Gasteiger charge is -2.33. The highest BCUT2D eigenvalue weighted by molar-refractivity contribution is 6.30. The largest absolute Gasteiger partial charge is 0.295 e. The van der Waals surface area contributed by atoms with Crippen LogP contribution in [0.2, 0.25) is 5.02 Å². The van der Waals surface area contributed by atoms with Gasteiger partial charge in [0.15, 0.2) is 0 Å². The highest BCUT2D eigenvalue weighted by atomic mass is 35.5. The van der Waals surface area contributed by atoms with Gasteiger partial charge in [-0.05, 0) is 23.3 Å². The van der Waals surface area contributed by atoms with E-state index in [0.717, 1.165) is 43.3 Å². The molecule has 114 valence electrons. The summed E-state index contributed by atoms with van der Waals surface area (Å²) in [6.07, 6.45) is 1.89. The van der Waals surface area contributed by atoms with Crippen LogP contribution in [0.5, 0.6) is 0 Å². The minimum Gasteiger partial charge on any atom is -0.295 e. The summed E-state index contributed by atoms with van der Waals surface area (Å²) in [5, 5.41) is 7.43. The molecule has 1 heterocycles. The molecule has 0 N–H and O–H groups in total. The van der Waals surface area contributed by atoms with Crippen LogP contribution in [0.15, 0.2) is 59.7 Å². The van der Waals surface area contributed by atoms with Crippen molar-refractivity contribution in [2.24, 2.45) is 5.10 Å². The van der Waals surface area contributed by atoms with Crippen LogP contribution in [0.1, 0.15) is 11.1 Å². The van der Waals surface area contributed by atoms with Gasteiger partial charge in [-0.1, -0.05) is 54.1 Å². The molecular formula is C18H20ClN3. The van der Waals surface area contributed by atoms with Crippen molar-refractivity contribution in [1.29, 1.82) is 0 Å². The molecule has 0 amide bonds. The van der Waals surface area contributed by atoms with Gasteiger partial charge in [0, 0.05) is 37.7 Å². The number of rotatable bonds is 4. The minimum atomic E-state index is 0.747. The number of hydrogen-bond donors (Lipinski definition) is 0. The summed E-state index contributed by atoms with van der Waals surface area (Å²) < 4.78 is 0. The van der Waals surface area contributed by atoms with Gasteiger partial charge in [-0.2, -0.15) is 5.10 Å². The molecule has 0 unspecified atom stereocenters. The Hall–Kier alpha value is -1.84. The van der Waals surface area contributed by atoms with Crippen molar-refractivity contribution in [1.82, 2.24) is 9.91 Å². The van der Waals surface area contributed by atoms with Crippen molar-refractivity contribution in [3.05, 3.63) is 70.7 Å². The zero-order chi connectivity index (χ0) is 15.2. The lowest BCUT2D eigenvalue weighted by molar-refractivity contribution is 0.131. The first-order valence-corrected chi connectivity index (χ1v) is 7.98. The summed E-state index contributed by atoms with van der Waals surface area (Å²) in [6.45, 7) is 5.03. The third-order valence-corrected chi connectivity index (χ3v) is 4.05. The molecule has 0 atom stereocenters. The van der Waals surface area contributed by atoms with E-state index in [1.807, 2.05) is 30.5 Å². The standard InChI is InChI=1S/C18H20ClN3/c19-18-8-4-7-17(13-18)14-20-22-11-9-21(10-12-22)15-16-5-2-1-3-6-16/h1-8,13-14H,9-12,15H2. The molecule has 3 rings (SSSR count). The van der Waals surface area contributed by atoms with E-state index in [1.54, 1.807) is 0 Å². The van der Waals surface area contributed by atoms with Crippen LogP contribution in [0.4, 0.5) is 0 Å². The summed E-state index contributed by atoms with van der Waals surface area (Å²) >= 11 is 5.98. The SMILES string of the molecule is Clc1cccc(C=NN2CCN(Cc3ccccc3)CC2)c1. The van der Waals surface area contributed by atoms with Crippen LogP contribution < -0.4 is 0 Å². The second-order valence-corrected chi connectivity index (χ2v) is 5.95. The van der Waals surface area contributed by atoms with Crippen LogP contribution >= 0.6 is 11.6 Å². The van der Waals surface area contributed by atoms with Crippen molar-refractivity contribution in [2.45, 2.75) is 6.54 Å². The molecule has 0 aromatic heterocycles. The second kappa shape index (κ2) is 7.43. The molecule has 0 radical (unpaired) electrons. The van der Waals surface area contributed by atoms with Crippen LogP contribution in [-0.4, -0.2) is 42.3 Å². The van der Waals surface area contributed by atoms with Crippen molar-refractivity contribution in [3.63, 3.8) is 0 Å². The molecule has 0 bridgehead atoms. The monoisotopic (exact) mass is 313 g/mol. The molecule has 1 aliphatic heterocycles. The maximum absolute atomic E-state index is 5.98. The van der Waals surface area contributed by atoms with Gasteiger partial charge in [-0.15, -0.1) is 0 Å². The van der Waals surface area contributed by atoms with Crippen LogP contribution in [0.25, 0.3) is 0 Å². The Morgan fingerprint density at radius 1 is 0.955 bits per heavy atom. The third-order valence-electron chi connectivity index (χ3n) is 3.82. The number of benzene rings is 2. The van der Waals surface area contributed by atoms with Gasteiger partial charge in [-0.25, -0.2) is 0 Å². The van der Waals surface area contributed by atoms with E-state index in [9.17, 15) is 0 Å². The third kappa shape index (κ3) is 4.33. The van der Waals surface area contributed by atoms with E-state index in [-0.39, 0.29) is 0 Å². The maximum Gasteiger partial charge on any atom is 0.0543 e. The average Bonchev–Trinajstić information content (AvgIpc) is 2.55. The van der Waals surface area contributed by atoms with Gasteiger partial charge < -0.3 is 0 Å². The van der Waals surface area contributed by atoms with E-state index < -0.39 is 0 Å². The van der Waals surface area contributed by atoms with Crippen LogP contribution in [0, 0.1) is 0 Å². The van der Waals surface area contributed by atoms with Crippen molar-refractivity contribution in [3.8, 4) is 0 Å². The van der Waals surface area contributed by atoms with Crippen LogP contribution in [0.3, 0.4) is 0 Å². The molecular weight excluding hydrogens is 294 g/mol. The predicted molar refractivity (Wildman–Crippen MR) is 92.3 cm³/mol. The Balaban J connectivity index is 1.49. The fourth-order valence-electron chi connectivity index (χ4n) is 2.59. The lowest BCUT2D eigenvalue weighted by Crippen LogP contribution is -2.43. The zero-order valence-corrected chi connectivity index (χ0v) is 13.3. The molecule has 2 aromatic rings. The average molecular weight is 314 g/mol. The van der Waals surface area contributed by atoms with E-state index in [1.165, 1.54) is 5.56 Å². The summed E-state index contributed by atoms with van der Waals surface area (Å²) in [7, 11) is 0. The number of piperazine rings is 1. The van der Waals surface area contributed by atoms with Gasteiger partial charge in [0.2, 0.25) is 0 Å². The van der Waals surface area contributed by atoms with Crippen molar-refractivity contribution in [2.75, 3.05) is 26.2 Å². The van der Waals surface area contributed by atoms with Crippen molar-refractivity contribution >= 4 is 17.8 Å². The Morgan fingerprint density at radius 2 is 1.73 bits per heavy atom. The normalized spacial score (nSPS) is 16.3. The molecule has 4 heteroatoms. The predicted octanol–water partition coefficient (Wildman–Crippen LogP) is 3.49. The molecule has 0 saturated carbocycles. The molecule has 1 fully saturated rings. The Labute approximate surface area is 136 Å². The highest BCUT2D eigenvalue weighted by Crippen LogP contribution is 2.11. The zero-order valence-electron chi connectivity index (χ0n) is 12.5. The van der Waals surface area contributed by atoms with E-state index in [2.05, 4.69) is 45.3 Å². The minimum absolute atomic E-state index is 0.747. The Morgan fingerprint density at radius 3 is 2.45 bits per heavy atom. The number of hydrazone groups is 1. The molecule has 0 aliphatic carbocycles. The molecule has 0 spiro atoms. The second-order valence-electron chi connectivity index (χ2n) is 5.51. The first-order chi connectivity index (χ1) is 10.8. The molecule has 3 nitrogen and oxygen atoms in total. The lowest BCUT2D eigenvalue weighted by atomic mass is 10.2. The summed E-state index contributed by atoms with van der Waals surface area (Å²) in [5.74, 6) is 0. The number of halogens is 1. The summed E-state index contributed by atoms with van der Waals surface area (Å²) in [5.41, 5.74) is 2.41. The first kappa shape index (κ1) is 15.1. The van der Waals surface area contributed by atoms with E-state index >= 15 is 0 Å². The summed E-state index contributed by atoms with van der Waals surface area (Å²) in [4.78, 5) is 2.47.